The molecule has 0 saturated carbocycles. The van der Waals surface area contributed by atoms with Gasteiger partial charge in [-0.25, -0.2) is 4.98 Å². The van der Waals surface area contributed by atoms with Crippen LogP contribution in [0.15, 0.2) is 22.8 Å². The predicted octanol–water partition coefficient (Wildman–Crippen LogP) is 2.44. The second-order valence-corrected chi connectivity index (χ2v) is 3.92. The van der Waals surface area contributed by atoms with E-state index in [2.05, 4.69) is 26.2 Å². The van der Waals surface area contributed by atoms with Crippen LogP contribution in [0.3, 0.4) is 0 Å². The van der Waals surface area contributed by atoms with Crippen molar-refractivity contribution in [1.29, 1.82) is 0 Å². The van der Waals surface area contributed by atoms with Crippen molar-refractivity contribution in [3.05, 3.63) is 22.8 Å². The number of aromatic nitrogens is 1. The average Bonchev–Trinajstić information content (AvgIpc) is 2.08. The van der Waals surface area contributed by atoms with Crippen molar-refractivity contribution in [2.75, 3.05) is 5.32 Å². The molecule has 13 heavy (non-hydrogen) atoms. The van der Waals surface area contributed by atoms with E-state index in [1.807, 2.05) is 19.9 Å². The fourth-order valence-corrected chi connectivity index (χ4v) is 0.955. The molecule has 0 atom stereocenters. The summed E-state index contributed by atoms with van der Waals surface area (Å²) in [5.41, 5.74) is 0. The second kappa shape index (κ2) is 4.37. The topological polar surface area (TPSA) is 42.0 Å². The van der Waals surface area contributed by atoms with Gasteiger partial charge < -0.3 is 5.32 Å². The van der Waals surface area contributed by atoms with Crippen molar-refractivity contribution in [1.82, 2.24) is 4.98 Å². The summed E-state index contributed by atoms with van der Waals surface area (Å²) in [5, 5.41) is 2.70. The van der Waals surface area contributed by atoms with Gasteiger partial charge >= 0.3 is 0 Å². The van der Waals surface area contributed by atoms with Gasteiger partial charge in [0.25, 0.3) is 0 Å². The molecule has 0 unspecified atom stereocenters. The lowest BCUT2D eigenvalue weighted by Gasteiger charge is -2.05. The van der Waals surface area contributed by atoms with Crippen LogP contribution in [0.4, 0.5) is 5.82 Å². The monoisotopic (exact) mass is 242 g/mol. The maximum Gasteiger partial charge on any atom is 0.228 e. The van der Waals surface area contributed by atoms with Crippen LogP contribution in [0.5, 0.6) is 0 Å². The summed E-state index contributed by atoms with van der Waals surface area (Å²) in [5.74, 6) is 0.544. The number of hydrogen-bond acceptors (Lipinski definition) is 2. The third kappa shape index (κ3) is 3.14. The summed E-state index contributed by atoms with van der Waals surface area (Å²) >= 11 is 3.27. The number of nitrogens with zero attached hydrogens (tertiary/aromatic N) is 1. The summed E-state index contributed by atoms with van der Waals surface area (Å²) in [7, 11) is 0. The third-order valence-corrected chi connectivity index (χ3v) is 1.97. The molecule has 0 saturated heterocycles. The lowest BCUT2D eigenvalue weighted by molar-refractivity contribution is -0.118. The van der Waals surface area contributed by atoms with Gasteiger partial charge in [0.1, 0.15) is 5.82 Å². The number of nitrogens with one attached hydrogen (secondary N) is 1. The maximum atomic E-state index is 11.2. The molecule has 4 heteroatoms. The number of carbonyl (C=O) groups is 1. The minimum absolute atomic E-state index is 0.0187. The van der Waals surface area contributed by atoms with E-state index in [0.29, 0.717) is 5.82 Å². The van der Waals surface area contributed by atoms with Crippen LogP contribution >= 0.6 is 15.9 Å². The molecular formula is C9H11BrN2O. The molecule has 0 radical (unpaired) electrons. The summed E-state index contributed by atoms with van der Waals surface area (Å²) in [6.07, 6.45) is 1.65. The van der Waals surface area contributed by atoms with Crippen molar-refractivity contribution in [3.63, 3.8) is 0 Å². The van der Waals surface area contributed by atoms with Gasteiger partial charge in [-0.05, 0) is 28.1 Å². The smallest absolute Gasteiger partial charge is 0.228 e. The Morgan fingerprint density at radius 3 is 2.69 bits per heavy atom. The third-order valence-electron chi connectivity index (χ3n) is 1.50. The van der Waals surface area contributed by atoms with E-state index < -0.39 is 0 Å². The van der Waals surface area contributed by atoms with E-state index in [1.54, 1.807) is 12.3 Å². The van der Waals surface area contributed by atoms with Crippen LogP contribution in [0.25, 0.3) is 0 Å². The zero-order valence-electron chi connectivity index (χ0n) is 7.54. The molecular weight excluding hydrogens is 232 g/mol. The van der Waals surface area contributed by atoms with E-state index in [1.165, 1.54) is 0 Å². The van der Waals surface area contributed by atoms with E-state index in [-0.39, 0.29) is 11.8 Å². The van der Waals surface area contributed by atoms with Crippen LogP contribution in [0.1, 0.15) is 13.8 Å². The van der Waals surface area contributed by atoms with Crippen molar-refractivity contribution >= 4 is 27.7 Å². The fraction of sp³-hybridized carbons (Fsp3) is 0.333. The Hall–Kier alpha value is -0.900. The van der Waals surface area contributed by atoms with Crippen molar-refractivity contribution in [2.24, 2.45) is 5.92 Å². The molecule has 0 aromatic carbocycles. The van der Waals surface area contributed by atoms with Crippen LogP contribution in [0, 0.1) is 5.92 Å². The Morgan fingerprint density at radius 2 is 2.23 bits per heavy atom. The first-order chi connectivity index (χ1) is 6.09. The normalized spacial score (nSPS) is 10.2. The number of carbonyl (C=O) groups excluding carboxylic acids is 1. The highest BCUT2D eigenvalue weighted by molar-refractivity contribution is 9.10. The van der Waals surface area contributed by atoms with Gasteiger partial charge in [-0.15, -0.1) is 0 Å². The Labute approximate surface area is 85.7 Å². The van der Waals surface area contributed by atoms with Gasteiger partial charge in [0.15, 0.2) is 0 Å². The quantitative estimate of drug-likeness (QED) is 0.866. The number of amides is 1. The summed E-state index contributed by atoms with van der Waals surface area (Å²) in [6, 6.07) is 3.59. The highest BCUT2D eigenvalue weighted by atomic mass is 79.9. The molecule has 0 fully saturated rings. The number of halogens is 1. The standard InChI is InChI=1S/C9H11BrN2O/c1-6(2)9(13)12-8-4-3-7(10)5-11-8/h3-6H,1-2H3,(H,11,12,13). The molecule has 0 bridgehead atoms. The minimum atomic E-state index is -0.0227. The second-order valence-electron chi connectivity index (χ2n) is 3.01. The fourth-order valence-electron chi connectivity index (χ4n) is 0.720. The first-order valence-electron chi connectivity index (χ1n) is 4.02. The number of rotatable bonds is 2. The van der Waals surface area contributed by atoms with E-state index in [4.69, 9.17) is 0 Å². The van der Waals surface area contributed by atoms with Gasteiger partial charge in [0, 0.05) is 16.6 Å². The average molecular weight is 243 g/mol. The number of hydrogen-bond donors (Lipinski definition) is 1. The maximum absolute atomic E-state index is 11.2. The Kier molecular flexibility index (Phi) is 3.42. The molecule has 0 aliphatic rings. The Bertz CT molecular complexity index is 295. The molecule has 0 aliphatic heterocycles. The Morgan fingerprint density at radius 1 is 1.54 bits per heavy atom. The number of pyridine rings is 1. The van der Waals surface area contributed by atoms with Crippen LogP contribution in [0.2, 0.25) is 0 Å². The highest BCUT2D eigenvalue weighted by Gasteiger charge is 2.06. The SMILES string of the molecule is CC(C)C(=O)Nc1ccc(Br)cn1. The van der Waals surface area contributed by atoms with E-state index >= 15 is 0 Å². The molecule has 1 aromatic rings. The van der Waals surface area contributed by atoms with Crippen molar-refractivity contribution in [2.45, 2.75) is 13.8 Å². The first-order valence-corrected chi connectivity index (χ1v) is 4.81. The van der Waals surface area contributed by atoms with Crippen molar-refractivity contribution < 1.29 is 4.79 Å². The van der Waals surface area contributed by atoms with Gasteiger partial charge in [0.2, 0.25) is 5.91 Å². The molecule has 0 spiro atoms. The van der Waals surface area contributed by atoms with Crippen molar-refractivity contribution in [3.8, 4) is 0 Å². The van der Waals surface area contributed by atoms with Gasteiger partial charge in [-0.2, -0.15) is 0 Å². The molecule has 70 valence electrons. The Balaban J connectivity index is 2.65. The van der Waals surface area contributed by atoms with Crippen LogP contribution in [-0.2, 0) is 4.79 Å². The van der Waals surface area contributed by atoms with Gasteiger partial charge in [-0.1, -0.05) is 13.8 Å². The zero-order valence-corrected chi connectivity index (χ0v) is 9.13. The predicted molar refractivity (Wildman–Crippen MR) is 55.4 cm³/mol. The minimum Gasteiger partial charge on any atom is -0.310 e. The molecule has 1 rings (SSSR count). The molecule has 1 N–H and O–H groups in total. The lowest BCUT2D eigenvalue weighted by atomic mass is 10.2. The van der Waals surface area contributed by atoms with Gasteiger partial charge in [0.05, 0.1) is 0 Å². The molecule has 1 heterocycles. The summed E-state index contributed by atoms with van der Waals surface area (Å²) < 4.78 is 0.898. The zero-order chi connectivity index (χ0) is 9.84. The lowest BCUT2D eigenvalue weighted by Crippen LogP contribution is -2.18. The van der Waals surface area contributed by atoms with E-state index in [9.17, 15) is 4.79 Å². The van der Waals surface area contributed by atoms with Crippen LogP contribution in [-0.4, -0.2) is 10.9 Å². The molecule has 3 nitrogen and oxygen atoms in total. The summed E-state index contributed by atoms with van der Waals surface area (Å²) in [6.45, 7) is 3.68. The summed E-state index contributed by atoms with van der Waals surface area (Å²) in [4.78, 5) is 15.3. The highest BCUT2D eigenvalue weighted by Crippen LogP contribution is 2.11. The molecule has 1 aromatic heterocycles. The van der Waals surface area contributed by atoms with E-state index in [0.717, 1.165) is 4.47 Å². The van der Waals surface area contributed by atoms with Crippen LogP contribution < -0.4 is 5.32 Å². The molecule has 0 aliphatic carbocycles. The molecule has 1 amide bonds. The largest absolute Gasteiger partial charge is 0.310 e. The van der Waals surface area contributed by atoms with Gasteiger partial charge in [-0.3, -0.25) is 4.79 Å². The first kappa shape index (κ1) is 10.2. The number of anilines is 1.